The molecule has 69 heavy (non-hydrogen) atoms. The summed E-state index contributed by atoms with van der Waals surface area (Å²) in [5.41, 5.74) is 21.6. The number of aryl methyl sites for hydroxylation is 1. The van der Waals surface area contributed by atoms with Crippen molar-refractivity contribution >= 4 is 52.3 Å². The molecule has 0 fully saturated rings. The molecule has 0 radical (unpaired) electrons. The fourth-order valence-electron chi connectivity index (χ4n) is 7.91. The number of primary amides is 1. The van der Waals surface area contributed by atoms with Gasteiger partial charge >= 0.3 is 0 Å². The van der Waals surface area contributed by atoms with Gasteiger partial charge < -0.3 is 53.8 Å². The van der Waals surface area contributed by atoms with E-state index in [0.29, 0.717) is 29.7 Å². The standard InChI is InChI=1S/C51H60N12O6/c52-46(65)41(28-36-30-57-39-22-11-10-21-38(36)39)61-47(66)40(23-13-25-56-51(53)54)60-48(67)42(26-34-16-6-2-7-17-34)62-49(68)43(27-35-18-8-3-9-19-35)63-50(69)44(29-37-31-55-32-58-37)59-45(64)24-12-20-33-14-4-1-5-15-33/h1-11,14-19,21-22,30-32,40-44,57H,12-13,20,23-29H2,(H2,52,65)(H,55,58)(H,59,64)(H,60,67)(H,61,66)(H,62,68)(H,63,69)(H4,53,54,56)/t40-,41-,42-,43-,44-/m0/s1. The van der Waals surface area contributed by atoms with E-state index in [9.17, 15) is 28.8 Å². The van der Waals surface area contributed by atoms with E-state index in [-0.39, 0.29) is 63.4 Å². The summed E-state index contributed by atoms with van der Waals surface area (Å²) < 4.78 is 0. The zero-order valence-corrected chi connectivity index (χ0v) is 38.2. The van der Waals surface area contributed by atoms with E-state index in [1.807, 2.05) is 66.7 Å². The molecule has 6 amide bonds. The van der Waals surface area contributed by atoms with Crippen LogP contribution in [0.3, 0.4) is 0 Å². The molecule has 13 N–H and O–H groups in total. The number of carbonyl (C=O) groups excluding carboxylic acids is 6. The molecule has 0 saturated carbocycles. The molecule has 2 heterocycles. The normalized spacial score (nSPS) is 13.2. The van der Waals surface area contributed by atoms with Crippen molar-refractivity contribution in [1.82, 2.24) is 41.5 Å². The van der Waals surface area contributed by atoms with Crippen LogP contribution >= 0.6 is 0 Å². The lowest BCUT2D eigenvalue weighted by atomic mass is 10.0. The van der Waals surface area contributed by atoms with Gasteiger partial charge in [-0.1, -0.05) is 109 Å². The maximum atomic E-state index is 14.6. The van der Waals surface area contributed by atoms with Crippen molar-refractivity contribution in [2.24, 2.45) is 22.2 Å². The Morgan fingerprint density at radius 3 is 1.64 bits per heavy atom. The predicted octanol–water partition coefficient (Wildman–Crippen LogP) is 2.15. The average molecular weight is 937 g/mol. The number of aromatic amines is 2. The van der Waals surface area contributed by atoms with Crippen molar-refractivity contribution in [3.8, 4) is 0 Å². The number of nitrogens with two attached hydrogens (primary N) is 3. The third kappa shape index (κ3) is 15.9. The molecule has 6 rings (SSSR count). The van der Waals surface area contributed by atoms with E-state index in [2.05, 4.69) is 46.5 Å². The van der Waals surface area contributed by atoms with E-state index >= 15 is 0 Å². The first-order valence-corrected chi connectivity index (χ1v) is 22.9. The number of benzene rings is 4. The minimum absolute atomic E-state index is 0.00127. The number of para-hydroxylation sites is 1. The molecular weight excluding hydrogens is 877 g/mol. The lowest BCUT2D eigenvalue weighted by molar-refractivity contribution is -0.135. The fourth-order valence-corrected chi connectivity index (χ4v) is 7.91. The van der Waals surface area contributed by atoms with E-state index in [1.54, 1.807) is 60.9 Å². The number of rotatable bonds is 26. The number of aliphatic imine (C=N–C) groups is 1. The Morgan fingerprint density at radius 2 is 1.07 bits per heavy atom. The van der Waals surface area contributed by atoms with Crippen LogP contribution in [0.4, 0.5) is 0 Å². The minimum atomic E-state index is -1.27. The van der Waals surface area contributed by atoms with Gasteiger partial charge in [0.15, 0.2) is 5.96 Å². The first-order chi connectivity index (χ1) is 33.4. The first-order valence-electron chi connectivity index (χ1n) is 22.9. The first kappa shape index (κ1) is 50.1. The average Bonchev–Trinajstić information content (AvgIpc) is 4.02. The summed E-state index contributed by atoms with van der Waals surface area (Å²) in [6.45, 7) is 0.136. The molecule has 18 heteroatoms. The van der Waals surface area contributed by atoms with Gasteiger partial charge in [-0.15, -0.1) is 0 Å². The predicted molar refractivity (Wildman–Crippen MR) is 263 cm³/mol. The molecule has 0 unspecified atom stereocenters. The summed E-state index contributed by atoms with van der Waals surface area (Å²) in [4.78, 5) is 97.9. The van der Waals surface area contributed by atoms with Crippen LogP contribution in [0.15, 0.2) is 139 Å². The molecule has 4 aromatic carbocycles. The highest BCUT2D eigenvalue weighted by Crippen LogP contribution is 2.19. The van der Waals surface area contributed by atoms with E-state index < -0.39 is 59.7 Å². The van der Waals surface area contributed by atoms with Gasteiger partial charge in [0.1, 0.15) is 30.2 Å². The Bertz CT molecular complexity index is 2640. The third-order valence-corrected chi connectivity index (χ3v) is 11.5. The quantitative estimate of drug-likeness (QED) is 0.0216. The van der Waals surface area contributed by atoms with Crippen molar-refractivity contribution in [3.63, 3.8) is 0 Å². The molecule has 6 aromatic rings. The Balaban J connectivity index is 1.22. The van der Waals surface area contributed by atoms with E-state index in [4.69, 9.17) is 17.2 Å². The van der Waals surface area contributed by atoms with Crippen LogP contribution < -0.4 is 43.8 Å². The van der Waals surface area contributed by atoms with Gasteiger partial charge in [0.05, 0.1) is 6.33 Å². The second-order valence-electron chi connectivity index (χ2n) is 16.8. The maximum absolute atomic E-state index is 14.6. The highest BCUT2D eigenvalue weighted by molar-refractivity contribution is 5.97. The molecule has 5 atom stereocenters. The third-order valence-electron chi connectivity index (χ3n) is 11.5. The SMILES string of the molecule is NC(=O)[C@H](Cc1c[nH]c2ccccc12)NC(=O)[C@H](CCCN=C(N)N)NC(=O)[C@H](Cc1ccccc1)NC(=O)[C@H](Cc1ccccc1)NC(=O)[C@H](Cc1cnc[nH]1)NC(=O)CCCc1ccccc1. The fraction of sp³-hybridized carbons (Fsp3) is 0.294. The van der Waals surface area contributed by atoms with Crippen LogP contribution in [0, 0.1) is 0 Å². The number of imidazole rings is 1. The Labute approximate surface area is 400 Å². The van der Waals surface area contributed by atoms with Crippen molar-refractivity contribution in [3.05, 3.63) is 162 Å². The Morgan fingerprint density at radius 1 is 0.551 bits per heavy atom. The van der Waals surface area contributed by atoms with Gasteiger partial charge in [0.2, 0.25) is 35.4 Å². The monoisotopic (exact) mass is 936 g/mol. The summed E-state index contributed by atoms with van der Waals surface area (Å²) >= 11 is 0. The summed E-state index contributed by atoms with van der Waals surface area (Å²) in [7, 11) is 0. The molecule has 0 aliphatic heterocycles. The number of nitrogens with one attached hydrogen (secondary N) is 7. The summed E-state index contributed by atoms with van der Waals surface area (Å²) in [6, 6.07) is 29.3. The van der Waals surface area contributed by atoms with Crippen LogP contribution in [0.1, 0.15) is 53.6 Å². The largest absolute Gasteiger partial charge is 0.370 e. The van der Waals surface area contributed by atoms with Crippen molar-refractivity contribution in [2.45, 2.75) is 88.0 Å². The lowest BCUT2D eigenvalue weighted by Crippen LogP contribution is -2.60. The zero-order chi connectivity index (χ0) is 49.0. The molecular formula is C51H60N12O6. The molecule has 0 aliphatic carbocycles. The van der Waals surface area contributed by atoms with Gasteiger partial charge in [-0.25, -0.2) is 4.98 Å². The number of H-pyrrole nitrogens is 2. The number of hydrogen-bond acceptors (Lipinski definition) is 8. The van der Waals surface area contributed by atoms with E-state index in [1.165, 1.54) is 6.33 Å². The van der Waals surface area contributed by atoms with Crippen LogP contribution in [-0.4, -0.2) is 93.1 Å². The summed E-state index contributed by atoms with van der Waals surface area (Å²) in [6.07, 6.45) is 6.60. The summed E-state index contributed by atoms with van der Waals surface area (Å²) in [5.74, 6) is -4.01. The van der Waals surface area contributed by atoms with Gasteiger partial charge in [-0.05, 0) is 54.0 Å². The topological polar surface area (TPSA) is 297 Å². The maximum Gasteiger partial charge on any atom is 0.243 e. The van der Waals surface area contributed by atoms with Crippen molar-refractivity contribution < 1.29 is 28.8 Å². The second-order valence-corrected chi connectivity index (χ2v) is 16.8. The van der Waals surface area contributed by atoms with Crippen molar-refractivity contribution in [2.75, 3.05) is 6.54 Å². The van der Waals surface area contributed by atoms with Gasteiger partial charge in [-0.3, -0.25) is 33.8 Å². The van der Waals surface area contributed by atoms with Gasteiger partial charge in [0, 0.05) is 67.6 Å². The highest BCUT2D eigenvalue weighted by atomic mass is 16.2. The van der Waals surface area contributed by atoms with Crippen molar-refractivity contribution in [1.29, 1.82) is 0 Å². The molecule has 0 saturated heterocycles. The molecule has 0 bridgehead atoms. The summed E-state index contributed by atoms with van der Waals surface area (Å²) in [5, 5.41) is 15.0. The molecule has 360 valence electrons. The molecule has 18 nitrogen and oxygen atoms in total. The lowest BCUT2D eigenvalue weighted by Gasteiger charge is -2.27. The Hall–Kier alpha value is -8.28. The Kier molecular flexibility index (Phi) is 18.6. The van der Waals surface area contributed by atoms with Crippen LogP contribution in [-0.2, 0) is 60.9 Å². The van der Waals surface area contributed by atoms with Crippen LogP contribution in [0.5, 0.6) is 0 Å². The smallest absolute Gasteiger partial charge is 0.243 e. The molecule has 2 aromatic heterocycles. The number of hydrogen-bond donors (Lipinski definition) is 10. The molecule has 0 aliphatic rings. The van der Waals surface area contributed by atoms with Gasteiger partial charge in [0.25, 0.3) is 0 Å². The number of guanidine groups is 1. The van der Waals surface area contributed by atoms with Gasteiger partial charge in [-0.2, -0.15) is 0 Å². The number of fused-ring (bicyclic) bond motifs is 1. The van der Waals surface area contributed by atoms with E-state index in [0.717, 1.165) is 22.0 Å². The number of aromatic nitrogens is 3. The second kappa shape index (κ2) is 25.6. The minimum Gasteiger partial charge on any atom is -0.370 e. The zero-order valence-electron chi connectivity index (χ0n) is 38.2. The van der Waals surface area contributed by atoms with Crippen LogP contribution in [0.25, 0.3) is 10.9 Å². The number of carbonyl (C=O) groups is 6. The number of nitrogens with zero attached hydrogens (tertiary/aromatic N) is 2. The molecule has 0 spiro atoms. The number of amides is 6. The van der Waals surface area contributed by atoms with Crippen LogP contribution in [0.2, 0.25) is 0 Å². The highest BCUT2D eigenvalue weighted by Gasteiger charge is 2.33.